The molecule has 0 unspecified atom stereocenters. The molecule has 0 spiro atoms. The predicted octanol–water partition coefficient (Wildman–Crippen LogP) is 2.42. The standard InChI is InChI=1S/C12H11Br2N3O3/c1-20-10-5-9(6(13)4-7(10)14)15-12(19)8-2-3-11(18)17-16-8/h4-5H,2-3H2,1H3,(H,15,19)(H,17,18). The van der Waals surface area contributed by atoms with E-state index in [1.807, 2.05) is 0 Å². The van der Waals surface area contributed by atoms with Gasteiger partial charge in [0.25, 0.3) is 5.91 Å². The second kappa shape index (κ2) is 6.36. The molecule has 0 radical (unpaired) electrons. The largest absolute Gasteiger partial charge is 0.495 e. The van der Waals surface area contributed by atoms with Crippen molar-refractivity contribution in [1.82, 2.24) is 5.43 Å². The van der Waals surface area contributed by atoms with Crippen molar-refractivity contribution in [3.63, 3.8) is 0 Å². The molecule has 106 valence electrons. The first kappa shape index (κ1) is 15.0. The number of nitrogens with zero attached hydrogens (tertiary/aromatic N) is 1. The van der Waals surface area contributed by atoms with Crippen LogP contribution in [0.1, 0.15) is 12.8 Å². The minimum absolute atomic E-state index is 0.187. The highest BCUT2D eigenvalue weighted by Gasteiger charge is 2.19. The van der Waals surface area contributed by atoms with Crippen molar-refractivity contribution in [2.75, 3.05) is 12.4 Å². The minimum Gasteiger partial charge on any atom is -0.495 e. The maximum atomic E-state index is 12.0. The van der Waals surface area contributed by atoms with Gasteiger partial charge in [0.15, 0.2) is 0 Å². The number of halogens is 2. The molecule has 1 aromatic rings. The van der Waals surface area contributed by atoms with Crippen LogP contribution in [-0.2, 0) is 9.59 Å². The van der Waals surface area contributed by atoms with Gasteiger partial charge >= 0.3 is 0 Å². The molecule has 0 saturated carbocycles. The lowest BCUT2D eigenvalue weighted by Crippen LogP contribution is -2.32. The zero-order chi connectivity index (χ0) is 14.7. The molecule has 0 fully saturated rings. The summed E-state index contributed by atoms with van der Waals surface area (Å²) in [6, 6.07) is 3.47. The Bertz CT molecular complexity index is 602. The molecule has 0 aliphatic carbocycles. The zero-order valence-corrected chi connectivity index (χ0v) is 13.7. The summed E-state index contributed by atoms with van der Waals surface area (Å²) in [4.78, 5) is 23.0. The summed E-state index contributed by atoms with van der Waals surface area (Å²) in [6.07, 6.45) is 0.583. The van der Waals surface area contributed by atoms with Gasteiger partial charge in [0.2, 0.25) is 5.91 Å². The van der Waals surface area contributed by atoms with E-state index < -0.39 is 0 Å². The van der Waals surface area contributed by atoms with E-state index in [4.69, 9.17) is 4.74 Å². The van der Waals surface area contributed by atoms with Crippen LogP contribution in [0.5, 0.6) is 5.75 Å². The van der Waals surface area contributed by atoms with E-state index in [9.17, 15) is 9.59 Å². The predicted molar refractivity (Wildman–Crippen MR) is 81.8 cm³/mol. The molecule has 1 aliphatic rings. The maximum absolute atomic E-state index is 12.0. The minimum atomic E-state index is -0.352. The third kappa shape index (κ3) is 3.37. The topological polar surface area (TPSA) is 79.8 Å². The first-order chi connectivity index (χ1) is 9.51. The van der Waals surface area contributed by atoms with Gasteiger partial charge in [0.05, 0.1) is 17.3 Å². The summed E-state index contributed by atoms with van der Waals surface area (Å²) in [5.74, 6) is 0.0607. The normalized spacial score (nSPS) is 14.3. The lowest BCUT2D eigenvalue weighted by molar-refractivity contribution is -0.121. The summed E-state index contributed by atoms with van der Waals surface area (Å²) in [6.45, 7) is 0. The highest BCUT2D eigenvalue weighted by molar-refractivity contribution is 9.11. The molecule has 0 bridgehead atoms. The second-order valence-electron chi connectivity index (χ2n) is 4.01. The summed E-state index contributed by atoms with van der Waals surface area (Å²) in [7, 11) is 1.54. The van der Waals surface area contributed by atoms with Gasteiger partial charge in [-0.15, -0.1) is 0 Å². The molecule has 2 N–H and O–H groups in total. The van der Waals surface area contributed by atoms with Crippen LogP contribution in [-0.4, -0.2) is 24.6 Å². The SMILES string of the molecule is COc1cc(NC(=O)C2=NNC(=O)CC2)c(Br)cc1Br. The van der Waals surface area contributed by atoms with Crippen molar-refractivity contribution < 1.29 is 14.3 Å². The Kier molecular flexibility index (Phi) is 4.77. The van der Waals surface area contributed by atoms with Gasteiger partial charge < -0.3 is 10.1 Å². The second-order valence-corrected chi connectivity index (χ2v) is 5.72. The molecular formula is C12H11Br2N3O3. The molecule has 0 saturated heterocycles. The molecular weight excluding hydrogens is 394 g/mol. The van der Waals surface area contributed by atoms with Crippen LogP contribution in [0.3, 0.4) is 0 Å². The zero-order valence-electron chi connectivity index (χ0n) is 10.5. The fraction of sp³-hybridized carbons (Fsp3) is 0.250. The number of rotatable bonds is 3. The van der Waals surface area contributed by atoms with Crippen LogP contribution >= 0.6 is 31.9 Å². The molecule has 1 aliphatic heterocycles. The lowest BCUT2D eigenvalue weighted by Gasteiger charge is -2.14. The number of anilines is 1. The Morgan fingerprint density at radius 2 is 2.10 bits per heavy atom. The number of hydrogen-bond acceptors (Lipinski definition) is 4. The number of ether oxygens (including phenoxy) is 1. The average molecular weight is 405 g/mol. The summed E-state index contributed by atoms with van der Waals surface area (Å²) in [5, 5.41) is 6.47. The first-order valence-electron chi connectivity index (χ1n) is 5.71. The van der Waals surface area contributed by atoms with Gasteiger partial charge in [-0.2, -0.15) is 5.10 Å². The molecule has 6 nitrogen and oxygen atoms in total. The van der Waals surface area contributed by atoms with Crippen molar-refractivity contribution in [3.05, 3.63) is 21.1 Å². The number of hydrogen-bond donors (Lipinski definition) is 2. The molecule has 0 atom stereocenters. The van der Waals surface area contributed by atoms with Gasteiger partial charge in [-0.25, -0.2) is 5.43 Å². The quantitative estimate of drug-likeness (QED) is 0.811. The summed E-state index contributed by atoms with van der Waals surface area (Å²) < 4.78 is 6.65. The number of amides is 2. The highest BCUT2D eigenvalue weighted by atomic mass is 79.9. The fourth-order valence-electron chi connectivity index (χ4n) is 1.61. The lowest BCUT2D eigenvalue weighted by atomic mass is 10.1. The van der Waals surface area contributed by atoms with Crippen LogP contribution in [0.15, 0.2) is 26.2 Å². The van der Waals surface area contributed by atoms with E-state index >= 15 is 0 Å². The fourth-order valence-corrected chi connectivity index (χ4v) is 2.87. The van der Waals surface area contributed by atoms with E-state index in [-0.39, 0.29) is 18.2 Å². The maximum Gasteiger partial charge on any atom is 0.271 e. The summed E-state index contributed by atoms with van der Waals surface area (Å²) >= 11 is 6.71. The Morgan fingerprint density at radius 3 is 2.70 bits per heavy atom. The van der Waals surface area contributed by atoms with E-state index in [2.05, 4.69) is 47.7 Å². The van der Waals surface area contributed by atoms with Gasteiger partial charge in [-0.3, -0.25) is 9.59 Å². The third-order valence-corrected chi connectivity index (χ3v) is 3.93. The Hall–Kier alpha value is -1.41. The highest BCUT2D eigenvalue weighted by Crippen LogP contribution is 2.34. The number of nitrogens with one attached hydrogen (secondary N) is 2. The Labute approximate surface area is 132 Å². The van der Waals surface area contributed by atoms with Gasteiger partial charge in [-0.05, 0) is 37.9 Å². The van der Waals surface area contributed by atoms with Crippen LogP contribution < -0.4 is 15.5 Å². The number of benzene rings is 1. The number of methoxy groups -OCH3 is 1. The van der Waals surface area contributed by atoms with Gasteiger partial charge in [0.1, 0.15) is 11.5 Å². The van der Waals surface area contributed by atoms with Crippen molar-refractivity contribution in [1.29, 1.82) is 0 Å². The first-order valence-corrected chi connectivity index (χ1v) is 7.29. The van der Waals surface area contributed by atoms with E-state index in [1.165, 1.54) is 0 Å². The smallest absolute Gasteiger partial charge is 0.271 e. The molecule has 1 aromatic carbocycles. The third-order valence-electron chi connectivity index (χ3n) is 2.66. The molecule has 2 rings (SSSR count). The monoisotopic (exact) mass is 403 g/mol. The molecule has 20 heavy (non-hydrogen) atoms. The molecule has 8 heteroatoms. The van der Waals surface area contributed by atoms with Crippen molar-refractivity contribution in [3.8, 4) is 5.75 Å². The van der Waals surface area contributed by atoms with E-state index in [0.29, 0.717) is 28.0 Å². The summed E-state index contributed by atoms with van der Waals surface area (Å²) in [5.41, 5.74) is 3.14. The number of hydrazone groups is 1. The van der Waals surface area contributed by atoms with Crippen LogP contribution in [0.4, 0.5) is 5.69 Å². The average Bonchev–Trinajstić information content (AvgIpc) is 2.42. The van der Waals surface area contributed by atoms with Crippen molar-refractivity contribution in [2.45, 2.75) is 12.8 Å². The van der Waals surface area contributed by atoms with E-state index in [0.717, 1.165) is 4.47 Å². The van der Waals surface area contributed by atoms with Crippen molar-refractivity contribution >= 4 is 55.1 Å². The molecule has 2 amide bonds. The van der Waals surface area contributed by atoms with Crippen LogP contribution in [0.25, 0.3) is 0 Å². The van der Waals surface area contributed by atoms with Gasteiger partial charge in [-0.1, -0.05) is 0 Å². The van der Waals surface area contributed by atoms with Gasteiger partial charge in [0, 0.05) is 23.4 Å². The molecule has 1 heterocycles. The van der Waals surface area contributed by atoms with Crippen LogP contribution in [0.2, 0.25) is 0 Å². The number of carbonyl (C=O) groups excluding carboxylic acids is 2. The number of carbonyl (C=O) groups is 2. The Morgan fingerprint density at radius 1 is 1.35 bits per heavy atom. The van der Waals surface area contributed by atoms with Crippen molar-refractivity contribution in [2.24, 2.45) is 5.10 Å². The molecule has 0 aromatic heterocycles. The Balaban J connectivity index is 2.17. The van der Waals surface area contributed by atoms with E-state index in [1.54, 1.807) is 19.2 Å². The van der Waals surface area contributed by atoms with Crippen LogP contribution in [0, 0.1) is 0 Å².